The first-order chi connectivity index (χ1) is 7.60. The number of nitrogens with zero attached hydrogens (tertiary/aromatic N) is 1. The molecule has 0 amide bonds. The van der Waals surface area contributed by atoms with E-state index >= 15 is 0 Å². The lowest BCUT2D eigenvalue weighted by molar-refractivity contribution is 0.501. The zero-order valence-corrected chi connectivity index (χ0v) is 8.85. The highest BCUT2D eigenvalue weighted by Gasteiger charge is 2.30. The lowest BCUT2D eigenvalue weighted by atomic mass is 9.97. The second-order valence-electron chi connectivity index (χ2n) is 3.83. The summed E-state index contributed by atoms with van der Waals surface area (Å²) in [7, 11) is 0. The van der Waals surface area contributed by atoms with E-state index in [1.807, 2.05) is 30.3 Å². The van der Waals surface area contributed by atoms with Crippen LogP contribution in [0, 0.1) is 0 Å². The number of benzene rings is 1. The minimum Gasteiger partial charge on any atom is -0.398 e. The topological polar surface area (TPSA) is 102 Å². The number of rotatable bonds is 2. The smallest absolute Gasteiger partial charge is 0.195 e. The summed E-state index contributed by atoms with van der Waals surface area (Å²) >= 11 is 0. The first-order valence-electron chi connectivity index (χ1n) is 5.01. The molecule has 0 fully saturated rings. The Hall–Kier alpha value is -2.01. The predicted molar refractivity (Wildman–Crippen MR) is 64.1 cm³/mol. The summed E-state index contributed by atoms with van der Waals surface area (Å²) in [6.45, 7) is 0. The van der Waals surface area contributed by atoms with Crippen molar-refractivity contribution in [2.75, 3.05) is 0 Å². The molecule has 7 N–H and O–H groups in total. The van der Waals surface area contributed by atoms with Crippen molar-refractivity contribution in [3.05, 3.63) is 47.8 Å². The molecular formula is C11H15N5. The number of nitrogens with two attached hydrogens (primary N) is 3. The molecule has 84 valence electrons. The van der Waals surface area contributed by atoms with Crippen LogP contribution in [-0.4, -0.2) is 11.6 Å². The van der Waals surface area contributed by atoms with Crippen molar-refractivity contribution in [2.24, 2.45) is 22.2 Å². The second-order valence-corrected chi connectivity index (χ2v) is 3.83. The van der Waals surface area contributed by atoms with Gasteiger partial charge in [-0.15, -0.1) is 0 Å². The lowest BCUT2D eigenvalue weighted by Crippen LogP contribution is -2.51. The predicted octanol–water partition coefficient (Wildman–Crippen LogP) is -0.398. The Morgan fingerprint density at radius 2 is 1.88 bits per heavy atom. The number of aliphatic imine (C=N–C) groups is 1. The lowest BCUT2D eigenvalue weighted by Gasteiger charge is -2.29. The Morgan fingerprint density at radius 1 is 1.19 bits per heavy atom. The SMILES string of the molecule is NC1=CNC(N)=NC1(N)Cc1ccccc1. The van der Waals surface area contributed by atoms with Crippen molar-refractivity contribution in [2.45, 2.75) is 12.1 Å². The molecule has 1 atom stereocenters. The molecule has 1 aliphatic rings. The normalized spacial score (nSPS) is 24.3. The third kappa shape index (κ3) is 1.99. The van der Waals surface area contributed by atoms with Crippen molar-refractivity contribution >= 4 is 5.96 Å². The Morgan fingerprint density at radius 3 is 2.56 bits per heavy atom. The van der Waals surface area contributed by atoms with Crippen LogP contribution in [0.1, 0.15) is 5.56 Å². The minimum atomic E-state index is -0.948. The number of nitrogens with one attached hydrogen (secondary N) is 1. The van der Waals surface area contributed by atoms with Gasteiger partial charge in [0.1, 0.15) is 0 Å². The van der Waals surface area contributed by atoms with Gasteiger partial charge in [-0.1, -0.05) is 30.3 Å². The molecule has 0 bridgehead atoms. The molecule has 0 aliphatic carbocycles. The van der Waals surface area contributed by atoms with Crippen LogP contribution in [0.15, 0.2) is 47.2 Å². The Bertz CT molecular complexity index is 437. The van der Waals surface area contributed by atoms with E-state index in [0.717, 1.165) is 5.56 Å². The molecule has 1 heterocycles. The maximum Gasteiger partial charge on any atom is 0.195 e. The van der Waals surface area contributed by atoms with E-state index in [1.54, 1.807) is 6.20 Å². The van der Waals surface area contributed by atoms with Gasteiger partial charge in [-0.05, 0) is 5.56 Å². The molecule has 1 aromatic rings. The molecule has 0 spiro atoms. The quantitative estimate of drug-likeness (QED) is 0.541. The summed E-state index contributed by atoms with van der Waals surface area (Å²) in [6, 6.07) is 9.82. The van der Waals surface area contributed by atoms with Crippen LogP contribution in [0.2, 0.25) is 0 Å². The van der Waals surface area contributed by atoms with Crippen LogP contribution in [-0.2, 0) is 6.42 Å². The van der Waals surface area contributed by atoms with Gasteiger partial charge in [-0.25, -0.2) is 4.99 Å². The molecule has 1 unspecified atom stereocenters. The Labute approximate surface area is 94.0 Å². The van der Waals surface area contributed by atoms with Crippen LogP contribution in [0.4, 0.5) is 0 Å². The van der Waals surface area contributed by atoms with Gasteiger partial charge in [0.15, 0.2) is 11.6 Å². The van der Waals surface area contributed by atoms with Gasteiger partial charge in [-0.3, -0.25) is 0 Å². The van der Waals surface area contributed by atoms with Crippen molar-refractivity contribution in [3.8, 4) is 0 Å². The van der Waals surface area contributed by atoms with Gasteiger partial charge in [0.25, 0.3) is 0 Å². The largest absolute Gasteiger partial charge is 0.398 e. The van der Waals surface area contributed by atoms with E-state index in [2.05, 4.69) is 10.3 Å². The highest BCUT2D eigenvalue weighted by atomic mass is 15.2. The summed E-state index contributed by atoms with van der Waals surface area (Å²) in [4.78, 5) is 4.16. The molecule has 0 radical (unpaired) electrons. The third-order valence-corrected chi connectivity index (χ3v) is 2.51. The monoisotopic (exact) mass is 217 g/mol. The zero-order chi connectivity index (χ0) is 11.6. The summed E-state index contributed by atoms with van der Waals surface area (Å²) in [5.41, 5.74) is 18.1. The number of hydrogen-bond donors (Lipinski definition) is 4. The fourth-order valence-electron chi connectivity index (χ4n) is 1.64. The molecule has 5 heteroatoms. The Kier molecular flexibility index (Phi) is 2.54. The number of guanidine groups is 1. The molecular weight excluding hydrogens is 202 g/mol. The van der Waals surface area contributed by atoms with Crippen LogP contribution < -0.4 is 22.5 Å². The maximum atomic E-state index is 6.12. The average molecular weight is 217 g/mol. The maximum absolute atomic E-state index is 6.12. The van der Waals surface area contributed by atoms with Crippen LogP contribution in [0.3, 0.4) is 0 Å². The van der Waals surface area contributed by atoms with E-state index in [4.69, 9.17) is 17.2 Å². The summed E-state index contributed by atoms with van der Waals surface area (Å²) in [6.07, 6.45) is 2.11. The molecule has 2 rings (SSSR count). The van der Waals surface area contributed by atoms with Crippen LogP contribution in [0.5, 0.6) is 0 Å². The fourth-order valence-corrected chi connectivity index (χ4v) is 1.64. The Balaban J connectivity index is 2.25. The molecule has 0 saturated heterocycles. The molecule has 1 aliphatic heterocycles. The highest BCUT2D eigenvalue weighted by molar-refractivity contribution is 5.80. The third-order valence-electron chi connectivity index (χ3n) is 2.51. The van der Waals surface area contributed by atoms with E-state index in [9.17, 15) is 0 Å². The first kappa shape index (κ1) is 10.5. The van der Waals surface area contributed by atoms with E-state index in [0.29, 0.717) is 12.1 Å². The van der Waals surface area contributed by atoms with Gasteiger partial charge in [0.2, 0.25) is 0 Å². The standard InChI is InChI=1S/C11H15N5/c12-9-7-15-10(13)16-11(9,14)6-8-4-2-1-3-5-8/h1-5,7H,6,12,14H2,(H3,13,15,16). The van der Waals surface area contributed by atoms with Crippen molar-refractivity contribution in [3.63, 3.8) is 0 Å². The first-order valence-corrected chi connectivity index (χ1v) is 5.01. The molecule has 5 nitrogen and oxygen atoms in total. The molecule has 16 heavy (non-hydrogen) atoms. The minimum absolute atomic E-state index is 0.285. The van der Waals surface area contributed by atoms with E-state index < -0.39 is 5.66 Å². The highest BCUT2D eigenvalue weighted by Crippen LogP contribution is 2.19. The number of hydrogen-bond acceptors (Lipinski definition) is 5. The van der Waals surface area contributed by atoms with Gasteiger partial charge in [0.05, 0.1) is 5.70 Å². The van der Waals surface area contributed by atoms with Gasteiger partial charge >= 0.3 is 0 Å². The van der Waals surface area contributed by atoms with E-state index in [-0.39, 0.29) is 5.96 Å². The van der Waals surface area contributed by atoms with Crippen molar-refractivity contribution < 1.29 is 0 Å². The van der Waals surface area contributed by atoms with Crippen LogP contribution >= 0.6 is 0 Å². The average Bonchev–Trinajstić information content (AvgIpc) is 2.25. The van der Waals surface area contributed by atoms with Gasteiger partial charge in [-0.2, -0.15) is 0 Å². The van der Waals surface area contributed by atoms with Gasteiger partial charge in [0, 0.05) is 12.6 Å². The van der Waals surface area contributed by atoms with Gasteiger partial charge < -0.3 is 22.5 Å². The zero-order valence-electron chi connectivity index (χ0n) is 8.85. The molecule has 0 aromatic heterocycles. The molecule has 1 aromatic carbocycles. The summed E-state index contributed by atoms with van der Waals surface area (Å²) in [5.74, 6) is 0.285. The van der Waals surface area contributed by atoms with Crippen LogP contribution in [0.25, 0.3) is 0 Å². The van der Waals surface area contributed by atoms with Crippen molar-refractivity contribution in [1.82, 2.24) is 5.32 Å². The fraction of sp³-hybridized carbons (Fsp3) is 0.182. The summed E-state index contributed by atoms with van der Waals surface area (Å²) < 4.78 is 0. The second kappa shape index (κ2) is 3.86. The van der Waals surface area contributed by atoms with E-state index in [1.165, 1.54) is 0 Å². The van der Waals surface area contributed by atoms with Crippen molar-refractivity contribution in [1.29, 1.82) is 0 Å². The molecule has 0 saturated carbocycles. The summed E-state index contributed by atoms with van der Waals surface area (Å²) in [5, 5.41) is 2.73.